The fourth-order valence-corrected chi connectivity index (χ4v) is 3.49. The summed E-state index contributed by atoms with van der Waals surface area (Å²) in [5, 5.41) is 0.539. The number of hydrogen-bond acceptors (Lipinski definition) is 4. The van der Waals surface area contributed by atoms with Crippen LogP contribution in [0.2, 0.25) is 5.02 Å². The van der Waals surface area contributed by atoms with Crippen LogP contribution in [-0.2, 0) is 16.1 Å². The lowest BCUT2D eigenvalue weighted by molar-refractivity contribution is 0.0512. The number of benzene rings is 2. The molecule has 1 heterocycles. The fourth-order valence-electron chi connectivity index (χ4n) is 3.26. The van der Waals surface area contributed by atoms with Crippen molar-refractivity contribution in [3.05, 3.63) is 71.0 Å². The SMILES string of the molecule is CCOCCOCCC1C=CCN1c1ccc(OCc2cccc(F)c2)c(Cl)c1. The molecule has 0 bridgehead atoms. The third-order valence-corrected chi connectivity index (χ3v) is 5.02. The monoisotopic (exact) mass is 419 g/mol. The van der Waals surface area contributed by atoms with Crippen LogP contribution >= 0.6 is 11.6 Å². The minimum Gasteiger partial charge on any atom is -0.487 e. The summed E-state index contributed by atoms with van der Waals surface area (Å²) < 4.78 is 30.0. The Morgan fingerprint density at radius 1 is 1.10 bits per heavy atom. The first-order valence-corrected chi connectivity index (χ1v) is 10.3. The summed E-state index contributed by atoms with van der Waals surface area (Å²) in [5.74, 6) is 0.310. The van der Waals surface area contributed by atoms with Crippen LogP contribution in [0.1, 0.15) is 18.9 Å². The van der Waals surface area contributed by atoms with Gasteiger partial charge in [-0.2, -0.15) is 0 Å². The summed E-state index contributed by atoms with van der Waals surface area (Å²) in [6, 6.07) is 12.4. The average Bonchev–Trinajstić information content (AvgIpc) is 3.18. The van der Waals surface area contributed by atoms with E-state index >= 15 is 0 Å². The van der Waals surface area contributed by atoms with Gasteiger partial charge in [0.2, 0.25) is 0 Å². The molecule has 6 heteroatoms. The van der Waals surface area contributed by atoms with Gasteiger partial charge < -0.3 is 19.1 Å². The third kappa shape index (κ3) is 6.46. The highest BCUT2D eigenvalue weighted by Crippen LogP contribution is 2.32. The van der Waals surface area contributed by atoms with E-state index in [0.717, 1.165) is 24.2 Å². The Bertz CT molecular complexity index is 814. The minimum atomic E-state index is -0.276. The van der Waals surface area contributed by atoms with Gasteiger partial charge in [0.1, 0.15) is 18.2 Å². The Kier molecular flexibility index (Phi) is 8.35. The Balaban J connectivity index is 1.53. The molecule has 156 valence electrons. The summed E-state index contributed by atoms with van der Waals surface area (Å²) >= 11 is 6.44. The van der Waals surface area contributed by atoms with Crippen LogP contribution < -0.4 is 9.64 Å². The number of anilines is 1. The molecule has 2 aromatic carbocycles. The van der Waals surface area contributed by atoms with E-state index in [4.69, 9.17) is 25.8 Å². The van der Waals surface area contributed by atoms with Gasteiger partial charge in [0.05, 0.1) is 18.2 Å². The molecule has 1 unspecified atom stereocenters. The second kappa shape index (κ2) is 11.2. The van der Waals surface area contributed by atoms with Crippen molar-refractivity contribution in [3.8, 4) is 5.75 Å². The zero-order valence-electron chi connectivity index (χ0n) is 16.7. The molecule has 0 saturated heterocycles. The topological polar surface area (TPSA) is 30.9 Å². The number of rotatable bonds is 11. The first-order valence-electron chi connectivity index (χ1n) is 9.93. The van der Waals surface area contributed by atoms with Gasteiger partial charge in [0.25, 0.3) is 0 Å². The molecule has 0 spiro atoms. The molecule has 29 heavy (non-hydrogen) atoms. The van der Waals surface area contributed by atoms with E-state index in [-0.39, 0.29) is 18.5 Å². The van der Waals surface area contributed by atoms with Crippen LogP contribution in [0.5, 0.6) is 5.75 Å². The van der Waals surface area contributed by atoms with Gasteiger partial charge >= 0.3 is 0 Å². The maximum atomic E-state index is 13.3. The number of halogens is 2. The minimum absolute atomic E-state index is 0.268. The van der Waals surface area contributed by atoms with Crippen molar-refractivity contribution in [1.82, 2.24) is 0 Å². The quantitative estimate of drug-likeness (QED) is 0.368. The van der Waals surface area contributed by atoms with Gasteiger partial charge in [-0.05, 0) is 49.2 Å². The van der Waals surface area contributed by atoms with E-state index in [9.17, 15) is 4.39 Å². The van der Waals surface area contributed by atoms with Crippen molar-refractivity contribution in [2.45, 2.75) is 26.0 Å². The zero-order chi connectivity index (χ0) is 20.5. The van der Waals surface area contributed by atoms with E-state index in [1.165, 1.54) is 12.1 Å². The molecule has 0 amide bonds. The molecule has 1 aliphatic heterocycles. The maximum Gasteiger partial charge on any atom is 0.138 e. The number of ether oxygens (including phenoxy) is 3. The zero-order valence-corrected chi connectivity index (χ0v) is 17.4. The highest BCUT2D eigenvalue weighted by atomic mass is 35.5. The van der Waals surface area contributed by atoms with E-state index in [1.54, 1.807) is 6.07 Å². The molecule has 0 radical (unpaired) electrons. The summed E-state index contributed by atoms with van der Waals surface area (Å²) in [6.45, 7) is 5.73. The van der Waals surface area contributed by atoms with Crippen LogP contribution in [0.15, 0.2) is 54.6 Å². The molecular weight excluding hydrogens is 393 g/mol. The molecule has 1 aliphatic rings. The third-order valence-electron chi connectivity index (χ3n) is 4.73. The summed E-state index contributed by atoms with van der Waals surface area (Å²) in [4.78, 5) is 2.29. The van der Waals surface area contributed by atoms with Crippen LogP contribution in [0.4, 0.5) is 10.1 Å². The second-order valence-corrected chi connectivity index (χ2v) is 7.19. The predicted molar refractivity (Wildman–Crippen MR) is 114 cm³/mol. The molecule has 0 aromatic heterocycles. The van der Waals surface area contributed by atoms with Crippen LogP contribution in [-0.4, -0.2) is 39.0 Å². The average molecular weight is 420 g/mol. The summed E-state index contributed by atoms with van der Waals surface area (Å²) in [6.07, 6.45) is 5.26. The predicted octanol–water partition coefficient (Wildman–Crippen LogP) is 5.25. The lowest BCUT2D eigenvalue weighted by Gasteiger charge is -2.27. The molecule has 0 aliphatic carbocycles. The first kappa shape index (κ1) is 21.6. The van der Waals surface area contributed by atoms with Gasteiger partial charge in [-0.15, -0.1) is 0 Å². The molecule has 3 rings (SSSR count). The van der Waals surface area contributed by atoms with E-state index in [0.29, 0.717) is 37.2 Å². The van der Waals surface area contributed by atoms with Gasteiger partial charge in [-0.25, -0.2) is 4.39 Å². The van der Waals surface area contributed by atoms with Gasteiger partial charge in [-0.3, -0.25) is 0 Å². The Hall–Kier alpha value is -2.08. The number of hydrogen-bond donors (Lipinski definition) is 0. The van der Waals surface area contributed by atoms with Crippen molar-refractivity contribution in [1.29, 1.82) is 0 Å². The van der Waals surface area contributed by atoms with Crippen molar-refractivity contribution < 1.29 is 18.6 Å². The van der Waals surface area contributed by atoms with Gasteiger partial charge in [-0.1, -0.05) is 35.9 Å². The van der Waals surface area contributed by atoms with Crippen LogP contribution in [0.3, 0.4) is 0 Å². The highest BCUT2D eigenvalue weighted by Gasteiger charge is 2.20. The summed E-state index contributed by atoms with van der Waals surface area (Å²) in [5.41, 5.74) is 1.80. The van der Waals surface area contributed by atoms with Crippen LogP contribution in [0, 0.1) is 5.82 Å². The Morgan fingerprint density at radius 3 is 2.76 bits per heavy atom. The number of nitrogens with zero attached hydrogens (tertiary/aromatic N) is 1. The summed E-state index contributed by atoms with van der Waals surface area (Å²) in [7, 11) is 0. The van der Waals surface area contributed by atoms with Gasteiger partial charge in [0, 0.05) is 31.5 Å². The molecule has 2 aromatic rings. The van der Waals surface area contributed by atoms with Crippen molar-refractivity contribution in [3.63, 3.8) is 0 Å². The molecule has 1 atom stereocenters. The largest absolute Gasteiger partial charge is 0.487 e. The van der Waals surface area contributed by atoms with Crippen molar-refractivity contribution >= 4 is 17.3 Å². The molecule has 0 fully saturated rings. The van der Waals surface area contributed by atoms with Crippen molar-refractivity contribution in [2.24, 2.45) is 0 Å². The molecule has 0 saturated carbocycles. The Morgan fingerprint density at radius 2 is 1.97 bits per heavy atom. The Labute approximate surface area is 176 Å². The highest BCUT2D eigenvalue weighted by molar-refractivity contribution is 6.32. The lowest BCUT2D eigenvalue weighted by Crippen LogP contribution is -2.31. The van der Waals surface area contributed by atoms with E-state index < -0.39 is 0 Å². The molecular formula is C23H27ClFNO3. The van der Waals surface area contributed by atoms with E-state index in [2.05, 4.69) is 17.1 Å². The normalized spacial score (nSPS) is 15.8. The van der Waals surface area contributed by atoms with Crippen molar-refractivity contribution in [2.75, 3.05) is 37.9 Å². The molecule has 0 N–H and O–H groups in total. The smallest absolute Gasteiger partial charge is 0.138 e. The van der Waals surface area contributed by atoms with E-state index in [1.807, 2.05) is 31.2 Å². The molecule has 4 nitrogen and oxygen atoms in total. The second-order valence-electron chi connectivity index (χ2n) is 6.78. The van der Waals surface area contributed by atoms with Gasteiger partial charge in [0.15, 0.2) is 0 Å². The first-order chi connectivity index (χ1) is 14.2. The standard InChI is InChI=1S/C23H27ClFNO3/c1-2-27-13-14-28-12-10-20-7-4-11-26(20)21-8-9-23(22(24)16-21)29-17-18-5-3-6-19(25)15-18/h3-9,15-16,20H,2,10-14,17H2,1H3. The lowest BCUT2D eigenvalue weighted by atomic mass is 10.2. The fraction of sp³-hybridized carbons (Fsp3) is 0.391. The maximum absolute atomic E-state index is 13.3. The van der Waals surface area contributed by atoms with Crippen LogP contribution in [0.25, 0.3) is 0 Å².